The molecule has 0 aliphatic heterocycles. The van der Waals surface area contributed by atoms with Gasteiger partial charge in [0, 0.05) is 9.50 Å². The van der Waals surface area contributed by atoms with Crippen LogP contribution in [0.3, 0.4) is 0 Å². The molecule has 0 unspecified atom stereocenters. The lowest BCUT2D eigenvalue weighted by atomic mass is 9.86. The molecular formula is C10H9BrClN. The van der Waals surface area contributed by atoms with Crippen molar-refractivity contribution in [1.29, 1.82) is 5.26 Å². The molecule has 1 nitrogen and oxygen atoms in total. The summed E-state index contributed by atoms with van der Waals surface area (Å²) in [5.41, 5.74) is 0.331. The van der Waals surface area contributed by atoms with E-state index >= 15 is 0 Å². The summed E-state index contributed by atoms with van der Waals surface area (Å²) >= 11 is 9.33. The van der Waals surface area contributed by atoms with Gasteiger partial charge in [-0.05, 0) is 31.5 Å². The molecule has 0 heterocycles. The van der Waals surface area contributed by atoms with Gasteiger partial charge < -0.3 is 0 Å². The van der Waals surface area contributed by atoms with E-state index in [-0.39, 0.29) is 0 Å². The molecule has 0 fully saturated rings. The molecule has 0 N–H and O–H groups in total. The van der Waals surface area contributed by atoms with E-state index < -0.39 is 5.41 Å². The van der Waals surface area contributed by atoms with Gasteiger partial charge in [-0.25, -0.2) is 0 Å². The molecule has 13 heavy (non-hydrogen) atoms. The zero-order valence-corrected chi connectivity index (χ0v) is 9.78. The van der Waals surface area contributed by atoms with Gasteiger partial charge in [0.1, 0.15) is 0 Å². The summed E-state index contributed by atoms with van der Waals surface area (Å²) in [5.74, 6) is 0. The van der Waals surface area contributed by atoms with Crippen LogP contribution in [0.1, 0.15) is 19.4 Å². The topological polar surface area (TPSA) is 23.8 Å². The van der Waals surface area contributed by atoms with Crippen LogP contribution in [-0.4, -0.2) is 0 Å². The van der Waals surface area contributed by atoms with Crippen molar-refractivity contribution in [1.82, 2.24) is 0 Å². The van der Waals surface area contributed by atoms with Crippen LogP contribution in [0.25, 0.3) is 0 Å². The molecular weight excluding hydrogens is 249 g/mol. The molecule has 1 aromatic rings. The summed E-state index contributed by atoms with van der Waals surface area (Å²) in [5, 5.41) is 9.55. The van der Waals surface area contributed by atoms with Gasteiger partial charge in [-0.2, -0.15) is 5.26 Å². The Labute approximate surface area is 91.5 Å². The van der Waals surface area contributed by atoms with Gasteiger partial charge in [-0.3, -0.25) is 0 Å². The number of rotatable bonds is 1. The summed E-state index contributed by atoms with van der Waals surface area (Å²) in [6.45, 7) is 3.70. The van der Waals surface area contributed by atoms with Gasteiger partial charge in [0.05, 0.1) is 11.5 Å². The Kier molecular flexibility index (Phi) is 3.00. The van der Waals surface area contributed by atoms with Crippen LogP contribution in [0, 0.1) is 11.3 Å². The van der Waals surface area contributed by atoms with Crippen molar-refractivity contribution >= 4 is 27.5 Å². The largest absolute Gasteiger partial charge is 0.197 e. The number of nitrogens with zero attached hydrogens (tertiary/aromatic N) is 1. The normalized spacial score (nSPS) is 11.0. The minimum absolute atomic E-state index is 0.530. The maximum Gasteiger partial charge on any atom is 0.0780 e. The number of benzene rings is 1. The van der Waals surface area contributed by atoms with Crippen molar-refractivity contribution in [3.8, 4) is 6.07 Å². The fourth-order valence-corrected chi connectivity index (χ4v) is 1.97. The standard InChI is InChI=1S/C10H9BrClN/c1-10(2,6-13)8-4-3-7(11)5-9(8)12/h3-5H,1-2H3. The Morgan fingerprint density at radius 1 is 1.46 bits per heavy atom. The van der Waals surface area contributed by atoms with Crippen LogP contribution >= 0.6 is 27.5 Å². The van der Waals surface area contributed by atoms with E-state index in [9.17, 15) is 0 Å². The molecule has 0 saturated heterocycles. The smallest absolute Gasteiger partial charge is 0.0780 e. The Morgan fingerprint density at radius 2 is 2.08 bits per heavy atom. The second kappa shape index (κ2) is 3.69. The van der Waals surface area contributed by atoms with Crippen LogP contribution in [-0.2, 0) is 5.41 Å². The lowest BCUT2D eigenvalue weighted by Crippen LogP contribution is -2.14. The molecule has 3 heteroatoms. The summed E-state index contributed by atoms with van der Waals surface area (Å²) in [6.07, 6.45) is 0. The minimum atomic E-state index is -0.530. The van der Waals surface area contributed by atoms with E-state index in [0.29, 0.717) is 5.02 Å². The molecule has 0 bridgehead atoms. The SMILES string of the molecule is CC(C)(C#N)c1ccc(Br)cc1Cl. The molecule has 1 rings (SSSR count). The average molecular weight is 259 g/mol. The highest BCUT2D eigenvalue weighted by Gasteiger charge is 2.22. The molecule has 0 amide bonds. The fraction of sp³-hybridized carbons (Fsp3) is 0.300. The number of hydrogen-bond donors (Lipinski definition) is 0. The first-order valence-corrected chi connectivity index (χ1v) is 5.01. The predicted molar refractivity (Wildman–Crippen MR) is 57.8 cm³/mol. The summed E-state index contributed by atoms with van der Waals surface area (Å²) in [4.78, 5) is 0. The van der Waals surface area contributed by atoms with Crippen LogP contribution in [0.2, 0.25) is 5.02 Å². The maximum absolute atomic E-state index is 8.92. The predicted octanol–water partition coefficient (Wildman–Crippen LogP) is 3.90. The lowest BCUT2D eigenvalue weighted by molar-refractivity contribution is 0.687. The Hall–Kier alpha value is -0.520. The highest BCUT2D eigenvalue weighted by Crippen LogP contribution is 2.31. The second-order valence-corrected chi connectivity index (χ2v) is 4.68. The third kappa shape index (κ3) is 2.24. The van der Waals surface area contributed by atoms with E-state index in [1.807, 2.05) is 26.0 Å². The van der Waals surface area contributed by atoms with E-state index in [1.54, 1.807) is 6.07 Å². The minimum Gasteiger partial charge on any atom is -0.197 e. The molecule has 1 aromatic carbocycles. The molecule has 0 aliphatic rings. The van der Waals surface area contributed by atoms with E-state index in [1.165, 1.54) is 0 Å². The number of halogens is 2. The first-order valence-electron chi connectivity index (χ1n) is 3.84. The first kappa shape index (κ1) is 10.6. The average Bonchev–Trinajstić information content (AvgIpc) is 2.03. The maximum atomic E-state index is 8.92. The van der Waals surface area contributed by atoms with Crippen molar-refractivity contribution in [3.05, 3.63) is 33.3 Å². The highest BCUT2D eigenvalue weighted by molar-refractivity contribution is 9.10. The Morgan fingerprint density at radius 3 is 2.54 bits per heavy atom. The van der Waals surface area contributed by atoms with Crippen molar-refractivity contribution in [2.45, 2.75) is 19.3 Å². The summed E-state index contributed by atoms with van der Waals surface area (Å²) in [6, 6.07) is 7.78. The lowest BCUT2D eigenvalue weighted by Gasteiger charge is -2.17. The highest BCUT2D eigenvalue weighted by atomic mass is 79.9. The Balaban J connectivity index is 3.26. The van der Waals surface area contributed by atoms with E-state index in [2.05, 4.69) is 22.0 Å². The molecule has 0 spiro atoms. The summed E-state index contributed by atoms with van der Waals surface area (Å²) in [7, 11) is 0. The van der Waals surface area contributed by atoms with Crippen molar-refractivity contribution in [3.63, 3.8) is 0 Å². The van der Waals surface area contributed by atoms with E-state index in [4.69, 9.17) is 16.9 Å². The van der Waals surface area contributed by atoms with Crippen LogP contribution in [0.15, 0.2) is 22.7 Å². The molecule has 0 radical (unpaired) electrons. The quantitative estimate of drug-likeness (QED) is 0.749. The van der Waals surface area contributed by atoms with Crippen molar-refractivity contribution in [2.24, 2.45) is 0 Å². The molecule has 0 aromatic heterocycles. The summed E-state index contributed by atoms with van der Waals surface area (Å²) < 4.78 is 0.926. The van der Waals surface area contributed by atoms with Gasteiger partial charge in [0.15, 0.2) is 0 Å². The zero-order valence-electron chi connectivity index (χ0n) is 7.44. The van der Waals surface area contributed by atoms with Crippen LogP contribution in [0.5, 0.6) is 0 Å². The zero-order chi connectivity index (χ0) is 10.1. The van der Waals surface area contributed by atoms with Gasteiger partial charge >= 0.3 is 0 Å². The van der Waals surface area contributed by atoms with Gasteiger partial charge in [-0.1, -0.05) is 33.6 Å². The van der Waals surface area contributed by atoms with Crippen molar-refractivity contribution < 1.29 is 0 Å². The third-order valence-electron chi connectivity index (χ3n) is 1.88. The fourth-order valence-electron chi connectivity index (χ4n) is 1.06. The third-order valence-corrected chi connectivity index (χ3v) is 2.69. The monoisotopic (exact) mass is 257 g/mol. The molecule has 0 aliphatic carbocycles. The van der Waals surface area contributed by atoms with Gasteiger partial charge in [0.25, 0.3) is 0 Å². The van der Waals surface area contributed by atoms with Gasteiger partial charge in [-0.15, -0.1) is 0 Å². The molecule has 68 valence electrons. The Bertz CT molecular complexity index is 366. The van der Waals surface area contributed by atoms with E-state index in [0.717, 1.165) is 10.0 Å². The second-order valence-electron chi connectivity index (χ2n) is 3.36. The molecule has 0 atom stereocenters. The number of hydrogen-bond acceptors (Lipinski definition) is 1. The first-order chi connectivity index (χ1) is 5.97. The van der Waals surface area contributed by atoms with Crippen LogP contribution in [0.4, 0.5) is 0 Å². The van der Waals surface area contributed by atoms with Gasteiger partial charge in [0.2, 0.25) is 0 Å². The van der Waals surface area contributed by atoms with Crippen molar-refractivity contribution in [2.75, 3.05) is 0 Å². The number of nitriles is 1. The van der Waals surface area contributed by atoms with Crippen LogP contribution < -0.4 is 0 Å². The molecule has 0 saturated carbocycles.